The average molecular weight is 291 g/mol. The first-order chi connectivity index (χ1) is 9.53. The first-order valence-corrected chi connectivity index (χ1v) is 7.36. The molecule has 1 aliphatic rings. The van der Waals surface area contributed by atoms with Crippen molar-refractivity contribution in [2.75, 3.05) is 11.9 Å². The third-order valence-electron chi connectivity index (χ3n) is 3.76. The Bertz CT molecular complexity index is 627. The van der Waals surface area contributed by atoms with Crippen LogP contribution < -0.4 is 5.32 Å². The number of hydrogen-bond acceptors (Lipinski definition) is 3. The van der Waals surface area contributed by atoms with Gasteiger partial charge in [0.25, 0.3) is 0 Å². The molecule has 2 aromatic rings. The van der Waals surface area contributed by atoms with E-state index in [-0.39, 0.29) is 5.60 Å². The molecule has 1 N–H and O–H groups in total. The molecule has 20 heavy (non-hydrogen) atoms. The summed E-state index contributed by atoms with van der Waals surface area (Å²) in [4.78, 5) is 4.38. The Balaban J connectivity index is 1.87. The molecule has 3 rings (SSSR count). The zero-order chi connectivity index (χ0) is 14.2. The molecular formula is C16H19ClN2O. The largest absolute Gasteiger partial charge is 0.382 e. The van der Waals surface area contributed by atoms with E-state index in [0.717, 1.165) is 36.0 Å². The fraction of sp³-hybridized carbons (Fsp3) is 0.438. The van der Waals surface area contributed by atoms with Gasteiger partial charge in [0, 0.05) is 34.9 Å². The van der Waals surface area contributed by atoms with Crippen molar-refractivity contribution in [3.05, 3.63) is 35.5 Å². The van der Waals surface area contributed by atoms with E-state index >= 15 is 0 Å². The maximum atomic E-state index is 6.02. The third-order valence-corrected chi connectivity index (χ3v) is 4.00. The lowest BCUT2D eigenvalue weighted by atomic mass is 9.93. The fourth-order valence-electron chi connectivity index (χ4n) is 2.82. The molecule has 0 spiro atoms. The van der Waals surface area contributed by atoms with Crippen molar-refractivity contribution in [3.8, 4) is 0 Å². The predicted octanol–water partition coefficient (Wildman–Crippen LogP) is 4.26. The van der Waals surface area contributed by atoms with Gasteiger partial charge in [0.1, 0.15) is 0 Å². The third kappa shape index (κ3) is 2.89. The van der Waals surface area contributed by atoms with Gasteiger partial charge in [0.05, 0.1) is 11.1 Å². The summed E-state index contributed by atoms with van der Waals surface area (Å²) in [5, 5.41) is 5.47. The smallest absolute Gasteiger partial charge is 0.0737 e. The molecule has 1 fully saturated rings. The number of rotatable bonds is 2. The Kier molecular flexibility index (Phi) is 3.57. The van der Waals surface area contributed by atoms with E-state index in [4.69, 9.17) is 16.3 Å². The number of halogens is 1. The van der Waals surface area contributed by atoms with Crippen molar-refractivity contribution >= 4 is 28.2 Å². The molecule has 1 aromatic carbocycles. The van der Waals surface area contributed by atoms with Crippen LogP contribution in [0.4, 0.5) is 5.69 Å². The lowest BCUT2D eigenvalue weighted by molar-refractivity contribution is -0.0553. The van der Waals surface area contributed by atoms with E-state index in [9.17, 15) is 0 Å². The number of ether oxygens (including phenoxy) is 1. The van der Waals surface area contributed by atoms with Gasteiger partial charge in [-0.15, -0.1) is 0 Å². The highest BCUT2D eigenvalue weighted by Crippen LogP contribution is 2.29. The van der Waals surface area contributed by atoms with Crippen molar-refractivity contribution in [3.63, 3.8) is 0 Å². The minimum atomic E-state index is -0.0535. The van der Waals surface area contributed by atoms with Crippen LogP contribution in [0.2, 0.25) is 5.02 Å². The van der Waals surface area contributed by atoms with E-state index in [1.54, 1.807) is 0 Å². The number of fused-ring (bicyclic) bond motifs is 1. The molecule has 3 nitrogen and oxygen atoms in total. The molecule has 1 saturated heterocycles. The molecular weight excluding hydrogens is 272 g/mol. The van der Waals surface area contributed by atoms with Crippen LogP contribution in [-0.4, -0.2) is 23.2 Å². The second-order valence-corrected chi connectivity index (χ2v) is 6.40. The summed E-state index contributed by atoms with van der Waals surface area (Å²) >= 11 is 6.02. The average Bonchev–Trinajstić information content (AvgIpc) is 2.37. The van der Waals surface area contributed by atoms with Crippen LogP contribution in [0.5, 0.6) is 0 Å². The Morgan fingerprint density at radius 1 is 1.35 bits per heavy atom. The second kappa shape index (κ2) is 5.23. The highest BCUT2D eigenvalue weighted by atomic mass is 35.5. The number of hydrogen-bond donors (Lipinski definition) is 1. The topological polar surface area (TPSA) is 34.2 Å². The summed E-state index contributed by atoms with van der Waals surface area (Å²) in [6.45, 7) is 5.09. The molecule has 0 aliphatic carbocycles. The number of benzene rings is 1. The molecule has 0 radical (unpaired) electrons. The molecule has 1 unspecified atom stereocenters. The van der Waals surface area contributed by atoms with Crippen LogP contribution >= 0.6 is 11.6 Å². The van der Waals surface area contributed by atoms with Crippen LogP contribution in [0.25, 0.3) is 10.9 Å². The lowest BCUT2D eigenvalue weighted by Gasteiger charge is -2.36. The number of pyridine rings is 1. The van der Waals surface area contributed by atoms with Crippen LogP contribution in [0.3, 0.4) is 0 Å². The molecule has 1 aliphatic heterocycles. The highest BCUT2D eigenvalue weighted by Gasteiger charge is 2.28. The Hall–Kier alpha value is -1.32. The summed E-state index contributed by atoms with van der Waals surface area (Å²) in [6, 6.07) is 8.29. The minimum Gasteiger partial charge on any atom is -0.382 e. The van der Waals surface area contributed by atoms with Crippen molar-refractivity contribution < 1.29 is 4.74 Å². The number of aromatic nitrogens is 1. The maximum absolute atomic E-state index is 6.02. The molecule has 4 heteroatoms. The van der Waals surface area contributed by atoms with E-state index in [0.29, 0.717) is 11.1 Å². The van der Waals surface area contributed by atoms with Gasteiger partial charge in [-0.1, -0.05) is 11.6 Å². The van der Waals surface area contributed by atoms with Gasteiger partial charge < -0.3 is 10.1 Å². The Morgan fingerprint density at radius 3 is 3.00 bits per heavy atom. The first-order valence-electron chi connectivity index (χ1n) is 6.98. The summed E-state index contributed by atoms with van der Waals surface area (Å²) in [7, 11) is 0. The summed E-state index contributed by atoms with van der Waals surface area (Å²) in [6.07, 6.45) is 3.86. The van der Waals surface area contributed by atoms with Crippen molar-refractivity contribution in [1.29, 1.82) is 0 Å². The van der Waals surface area contributed by atoms with E-state index in [1.807, 2.05) is 30.5 Å². The van der Waals surface area contributed by atoms with Crippen molar-refractivity contribution in [2.45, 2.75) is 38.3 Å². The van der Waals surface area contributed by atoms with Crippen molar-refractivity contribution in [1.82, 2.24) is 4.98 Å². The van der Waals surface area contributed by atoms with Crippen LogP contribution in [0.1, 0.15) is 26.7 Å². The first kappa shape index (κ1) is 13.7. The number of nitrogens with one attached hydrogen (secondary N) is 1. The van der Waals surface area contributed by atoms with Crippen LogP contribution in [0, 0.1) is 0 Å². The standard InChI is InChI=1S/C16H19ClN2O/c1-16(2)10-12(6-8-20-16)19-14-5-7-18-15-9-11(17)3-4-13(14)15/h3-5,7,9,12H,6,8,10H2,1-2H3,(H,18,19). The monoisotopic (exact) mass is 290 g/mol. The molecule has 0 saturated carbocycles. The Morgan fingerprint density at radius 2 is 2.20 bits per heavy atom. The predicted molar refractivity (Wildman–Crippen MR) is 83.4 cm³/mol. The quantitative estimate of drug-likeness (QED) is 0.897. The maximum Gasteiger partial charge on any atom is 0.0737 e. The fourth-order valence-corrected chi connectivity index (χ4v) is 2.99. The minimum absolute atomic E-state index is 0.0535. The van der Waals surface area contributed by atoms with Gasteiger partial charge in [0.2, 0.25) is 0 Å². The number of nitrogens with zero attached hydrogens (tertiary/aromatic N) is 1. The summed E-state index contributed by atoms with van der Waals surface area (Å²) in [5.41, 5.74) is 1.99. The van der Waals surface area contributed by atoms with E-state index in [2.05, 4.69) is 24.1 Å². The zero-order valence-corrected chi connectivity index (χ0v) is 12.6. The molecule has 0 amide bonds. The van der Waals surface area contributed by atoms with Gasteiger partial charge >= 0.3 is 0 Å². The van der Waals surface area contributed by atoms with Gasteiger partial charge in [-0.05, 0) is 51.0 Å². The van der Waals surface area contributed by atoms with Gasteiger partial charge in [-0.25, -0.2) is 0 Å². The van der Waals surface area contributed by atoms with Crippen LogP contribution in [-0.2, 0) is 4.74 Å². The lowest BCUT2D eigenvalue weighted by Crippen LogP contribution is -2.40. The van der Waals surface area contributed by atoms with Gasteiger partial charge in [0.15, 0.2) is 0 Å². The molecule has 106 valence electrons. The van der Waals surface area contributed by atoms with Crippen LogP contribution in [0.15, 0.2) is 30.5 Å². The van der Waals surface area contributed by atoms with Crippen molar-refractivity contribution in [2.24, 2.45) is 0 Å². The molecule has 2 heterocycles. The zero-order valence-electron chi connectivity index (χ0n) is 11.8. The van der Waals surface area contributed by atoms with E-state index in [1.165, 1.54) is 0 Å². The van der Waals surface area contributed by atoms with E-state index < -0.39 is 0 Å². The SMILES string of the molecule is CC1(C)CC(Nc2ccnc3cc(Cl)ccc23)CCO1. The van der Waals surface area contributed by atoms with Gasteiger partial charge in [-0.2, -0.15) is 0 Å². The second-order valence-electron chi connectivity index (χ2n) is 5.96. The van der Waals surface area contributed by atoms with Gasteiger partial charge in [-0.3, -0.25) is 4.98 Å². The Labute approximate surface area is 124 Å². The summed E-state index contributed by atoms with van der Waals surface area (Å²) in [5.74, 6) is 0. The summed E-state index contributed by atoms with van der Waals surface area (Å²) < 4.78 is 5.77. The molecule has 1 aromatic heterocycles. The highest BCUT2D eigenvalue weighted by molar-refractivity contribution is 6.31. The normalized spacial score (nSPS) is 21.9. The number of anilines is 1. The molecule has 0 bridgehead atoms. The molecule has 1 atom stereocenters.